The van der Waals surface area contributed by atoms with Crippen LogP contribution in [0.3, 0.4) is 0 Å². The van der Waals surface area contributed by atoms with Crippen LogP contribution >= 0.6 is 34.4 Å². The monoisotopic (exact) mass is 544 g/mol. The van der Waals surface area contributed by atoms with Crippen LogP contribution in [0.25, 0.3) is 10.2 Å². The second-order valence-electron chi connectivity index (χ2n) is 8.23. The molecule has 0 N–H and O–H groups in total. The number of benzene rings is 1. The van der Waals surface area contributed by atoms with E-state index in [1.807, 2.05) is 30.5 Å². The number of rotatable bonds is 7. The van der Waals surface area contributed by atoms with Crippen molar-refractivity contribution in [2.24, 2.45) is 5.92 Å². The summed E-state index contributed by atoms with van der Waals surface area (Å²) in [5, 5.41) is 2.42. The molecule has 35 heavy (non-hydrogen) atoms. The molecule has 1 saturated heterocycles. The van der Waals surface area contributed by atoms with E-state index in [1.54, 1.807) is 46.6 Å². The Morgan fingerprint density at radius 3 is 2.71 bits per heavy atom. The number of fused-ring (bicyclic) bond motifs is 1. The summed E-state index contributed by atoms with van der Waals surface area (Å²) in [6, 6.07) is 13.3. The topological polar surface area (TPSA) is 83.5 Å². The number of thiophene rings is 1. The molecule has 5 rings (SSSR count). The molecule has 1 aromatic carbocycles. The molecule has 4 aromatic rings. The van der Waals surface area contributed by atoms with Crippen molar-refractivity contribution in [2.45, 2.75) is 28.5 Å². The van der Waals surface area contributed by atoms with Gasteiger partial charge >= 0.3 is 0 Å². The minimum Gasteiger partial charge on any atom is -0.283 e. The van der Waals surface area contributed by atoms with E-state index < -0.39 is 10.0 Å². The number of pyridine rings is 1. The van der Waals surface area contributed by atoms with Gasteiger partial charge in [0.2, 0.25) is 5.91 Å². The fourth-order valence-corrected chi connectivity index (χ4v) is 8.29. The SMILES string of the molecule is CSc1ccc2nc(N(Cc3cccnc3)C(=O)C3CCN(S(=O)(=O)c4cccs4)CC3)sc2c1. The van der Waals surface area contributed by atoms with Gasteiger partial charge in [0.15, 0.2) is 5.13 Å². The molecule has 7 nitrogen and oxygen atoms in total. The Balaban J connectivity index is 1.39. The Labute approximate surface area is 216 Å². The zero-order chi connectivity index (χ0) is 24.4. The minimum atomic E-state index is -3.51. The second-order valence-corrected chi connectivity index (χ2v) is 13.2. The van der Waals surface area contributed by atoms with Crippen molar-refractivity contribution in [1.82, 2.24) is 14.3 Å². The number of hydrogen-bond acceptors (Lipinski definition) is 8. The van der Waals surface area contributed by atoms with Crippen LogP contribution in [-0.2, 0) is 21.4 Å². The molecule has 3 aromatic heterocycles. The number of piperidine rings is 1. The molecule has 0 spiro atoms. The quantitative estimate of drug-likeness (QED) is 0.301. The smallest absolute Gasteiger partial charge is 0.252 e. The summed E-state index contributed by atoms with van der Waals surface area (Å²) in [5.41, 5.74) is 1.78. The highest BCUT2D eigenvalue weighted by molar-refractivity contribution is 7.98. The van der Waals surface area contributed by atoms with Crippen molar-refractivity contribution in [3.05, 3.63) is 65.8 Å². The first kappa shape index (κ1) is 24.4. The van der Waals surface area contributed by atoms with E-state index in [2.05, 4.69) is 11.1 Å². The van der Waals surface area contributed by atoms with Crippen molar-refractivity contribution >= 4 is 65.7 Å². The third-order valence-electron chi connectivity index (χ3n) is 6.04. The van der Waals surface area contributed by atoms with E-state index in [0.717, 1.165) is 20.7 Å². The Morgan fingerprint density at radius 2 is 2.03 bits per heavy atom. The van der Waals surface area contributed by atoms with Crippen LogP contribution in [0, 0.1) is 5.92 Å². The molecule has 0 aliphatic carbocycles. The van der Waals surface area contributed by atoms with Crippen LogP contribution in [0.2, 0.25) is 0 Å². The van der Waals surface area contributed by atoms with Crippen molar-refractivity contribution in [2.75, 3.05) is 24.2 Å². The third-order valence-corrected chi connectivity index (χ3v) is 11.1. The molecule has 0 bridgehead atoms. The number of hydrogen-bond donors (Lipinski definition) is 0. The fraction of sp³-hybridized carbons (Fsp3) is 0.292. The van der Waals surface area contributed by atoms with Gasteiger partial charge in [-0.3, -0.25) is 14.7 Å². The normalized spacial score (nSPS) is 15.5. The van der Waals surface area contributed by atoms with Crippen LogP contribution < -0.4 is 4.90 Å². The first-order valence-corrected chi connectivity index (χ1v) is 15.5. The number of thiazole rings is 1. The number of aromatic nitrogens is 2. The highest BCUT2D eigenvalue weighted by atomic mass is 32.2. The van der Waals surface area contributed by atoms with Gasteiger partial charge in [-0.15, -0.1) is 23.1 Å². The van der Waals surface area contributed by atoms with Crippen LogP contribution in [0.4, 0.5) is 5.13 Å². The summed E-state index contributed by atoms with van der Waals surface area (Å²) in [7, 11) is -3.51. The van der Waals surface area contributed by atoms with Gasteiger partial charge in [-0.25, -0.2) is 13.4 Å². The number of amides is 1. The standard InChI is InChI=1S/C24H24N4O3S4/c1-32-19-6-7-20-21(14-19)34-24(26-20)28(16-17-4-2-10-25-15-17)23(29)18-8-11-27(12-9-18)35(30,31)22-5-3-13-33-22/h2-7,10,13-15,18H,8-9,11-12,16H2,1H3. The molecule has 182 valence electrons. The number of sulfonamides is 1. The van der Waals surface area contributed by atoms with Crippen LogP contribution in [0.5, 0.6) is 0 Å². The Bertz CT molecular complexity index is 1410. The Kier molecular flexibility index (Phi) is 7.21. The molecular formula is C24H24N4O3S4. The van der Waals surface area contributed by atoms with Crippen LogP contribution in [0.1, 0.15) is 18.4 Å². The van der Waals surface area contributed by atoms with E-state index in [0.29, 0.717) is 41.8 Å². The highest BCUT2D eigenvalue weighted by Gasteiger charge is 2.35. The van der Waals surface area contributed by atoms with Crippen molar-refractivity contribution in [1.29, 1.82) is 0 Å². The maximum atomic E-state index is 13.8. The number of thioether (sulfide) groups is 1. The maximum absolute atomic E-state index is 13.8. The minimum absolute atomic E-state index is 0.0221. The van der Waals surface area contributed by atoms with Crippen molar-refractivity contribution < 1.29 is 13.2 Å². The number of carbonyl (C=O) groups is 1. The van der Waals surface area contributed by atoms with Gasteiger partial charge in [0.05, 0.1) is 16.8 Å². The average Bonchev–Trinajstić information content (AvgIpc) is 3.58. The average molecular weight is 545 g/mol. The Hall–Kier alpha value is -2.31. The first-order chi connectivity index (χ1) is 17.0. The molecule has 4 heterocycles. The molecule has 0 unspecified atom stereocenters. The van der Waals surface area contributed by atoms with E-state index in [9.17, 15) is 13.2 Å². The first-order valence-electron chi connectivity index (χ1n) is 11.1. The molecule has 1 amide bonds. The summed E-state index contributed by atoms with van der Waals surface area (Å²) < 4.78 is 28.7. The number of nitrogens with zero attached hydrogens (tertiary/aromatic N) is 4. The predicted molar refractivity (Wildman–Crippen MR) is 143 cm³/mol. The lowest BCUT2D eigenvalue weighted by Crippen LogP contribution is -2.44. The molecule has 11 heteroatoms. The molecule has 1 aliphatic heterocycles. The lowest BCUT2D eigenvalue weighted by molar-refractivity contribution is -0.123. The molecule has 0 atom stereocenters. The van der Waals surface area contributed by atoms with E-state index >= 15 is 0 Å². The molecule has 0 saturated carbocycles. The van der Waals surface area contributed by atoms with Gasteiger partial charge < -0.3 is 0 Å². The molecule has 1 aliphatic rings. The molecular weight excluding hydrogens is 521 g/mol. The van der Waals surface area contributed by atoms with E-state index in [-0.39, 0.29) is 11.8 Å². The Morgan fingerprint density at radius 1 is 1.20 bits per heavy atom. The zero-order valence-corrected chi connectivity index (χ0v) is 22.3. The summed E-state index contributed by atoms with van der Waals surface area (Å²) >= 11 is 4.40. The molecule has 0 radical (unpaired) electrons. The molecule has 1 fully saturated rings. The van der Waals surface area contributed by atoms with Crippen molar-refractivity contribution in [3.63, 3.8) is 0 Å². The van der Waals surface area contributed by atoms with Gasteiger partial charge in [-0.05, 0) is 60.4 Å². The summed E-state index contributed by atoms with van der Waals surface area (Å²) in [6.07, 6.45) is 6.46. The lowest BCUT2D eigenvalue weighted by atomic mass is 9.96. The summed E-state index contributed by atoms with van der Waals surface area (Å²) in [4.78, 5) is 25.7. The van der Waals surface area contributed by atoms with Gasteiger partial charge in [0, 0.05) is 36.3 Å². The summed E-state index contributed by atoms with van der Waals surface area (Å²) in [6.45, 7) is 1.03. The predicted octanol–water partition coefficient (Wildman–Crippen LogP) is 5.11. The van der Waals surface area contributed by atoms with Gasteiger partial charge in [-0.1, -0.05) is 23.5 Å². The number of anilines is 1. The highest BCUT2D eigenvalue weighted by Crippen LogP contribution is 2.34. The third kappa shape index (κ3) is 5.14. The summed E-state index contributed by atoms with van der Waals surface area (Å²) in [5.74, 6) is -0.290. The van der Waals surface area contributed by atoms with E-state index in [4.69, 9.17) is 4.98 Å². The van der Waals surface area contributed by atoms with Gasteiger partial charge in [0.1, 0.15) is 4.21 Å². The second kappa shape index (κ2) is 10.4. The van der Waals surface area contributed by atoms with Gasteiger partial charge in [-0.2, -0.15) is 4.31 Å². The van der Waals surface area contributed by atoms with Crippen molar-refractivity contribution in [3.8, 4) is 0 Å². The lowest BCUT2D eigenvalue weighted by Gasteiger charge is -2.32. The van der Waals surface area contributed by atoms with Gasteiger partial charge in [0.25, 0.3) is 10.0 Å². The van der Waals surface area contributed by atoms with Crippen LogP contribution in [0.15, 0.2) is 69.3 Å². The largest absolute Gasteiger partial charge is 0.283 e. The number of carbonyl (C=O) groups excluding carboxylic acids is 1. The van der Waals surface area contributed by atoms with Crippen LogP contribution in [-0.4, -0.2) is 47.9 Å². The zero-order valence-electron chi connectivity index (χ0n) is 19.0. The van der Waals surface area contributed by atoms with E-state index in [1.165, 1.54) is 27.0 Å². The fourth-order valence-electron chi connectivity index (χ4n) is 4.15. The maximum Gasteiger partial charge on any atom is 0.252 e.